The molecule has 2 aromatic carbocycles. The minimum atomic E-state index is -3.45. The van der Waals surface area contributed by atoms with Crippen molar-refractivity contribution in [2.45, 2.75) is 43.7 Å². The van der Waals surface area contributed by atoms with Crippen LogP contribution < -0.4 is 11.1 Å². The van der Waals surface area contributed by atoms with Crippen LogP contribution in [0.15, 0.2) is 54.7 Å². The highest BCUT2D eigenvalue weighted by Crippen LogP contribution is 2.68. The number of hydrogen-bond donors (Lipinski definition) is 2. The Hall–Kier alpha value is -4.75. The van der Waals surface area contributed by atoms with Crippen LogP contribution in [0.2, 0.25) is 0 Å². The van der Waals surface area contributed by atoms with Crippen LogP contribution in [0, 0.1) is 23.4 Å². The van der Waals surface area contributed by atoms with Gasteiger partial charge in [0.1, 0.15) is 35.4 Å². The smallest absolute Gasteiger partial charge is 0.293 e. The molecule has 2 amide bonds. The Balaban J connectivity index is 1.37. The van der Waals surface area contributed by atoms with Gasteiger partial charge in [0, 0.05) is 29.3 Å². The van der Waals surface area contributed by atoms with Crippen molar-refractivity contribution < 1.29 is 40.3 Å². The monoisotopic (exact) mass is 617 g/mol. The molecule has 2 aromatic heterocycles. The SMILES string of the molecule is NC(=O)c1cc(-c2cccnc2C(Cc2cc(F)cc(F)c2)NC(=O)Cn2nc(C(F)F)c3c2C(F)(F)[C@@H]2C[C@H]32)ccc1F. The second kappa shape index (κ2) is 10.8. The third kappa shape index (κ3) is 5.18. The van der Waals surface area contributed by atoms with Crippen LogP contribution in [-0.4, -0.2) is 26.6 Å². The lowest BCUT2D eigenvalue weighted by atomic mass is 9.94. The Morgan fingerprint density at radius 3 is 2.45 bits per heavy atom. The summed E-state index contributed by atoms with van der Waals surface area (Å²) in [5.74, 6) is -9.98. The molecular weight excluding hydrogens is 595 g/mol. The topological polar surface area (TPSA) is 103 Å². The molecule has 3 atom stereocenters. The second-order valence-electron chi connectivity index (χ2n) is 10.8. The summed E-state index contributed by atoms with van der Waals surface area (Å²) in [6, 6.07) is 8.08. The van der Waals surface area contributed by atoms with Gasteiger partial charge in [0.25, 0.3) is 18.3 Å². The average Bonchev–Trinajstić information content (AvgIpc) is 3.61. The van der Waals surface area contributed by atoms with E-state index in [0.29, 0.717) is 10.7 Å². The van der Waals surface area contributed by atoms with Crippen molar-refractivity contribution in [1.82, 2.24) is 20.1 Å². The molecule has 228 valence electrons. The maximum absolute atomic E-state index is 15.0. The predicted molar refractivity (Wildman–Crippen MR) is 141 cm³/mol. The lowest BCUT2D eigenvalue weighted by Gasteiger charge is -2.22. The summed E-state index contributed by atoms with van der Waals surface area (Å²) in [6.45, 7) is -0.858. The van der Waals surface area contributed by atoms with Gasteiger partial charge in [-0.05, 0) is 60.2 Å². The van der Waals surface area contributed by atoms with E-state index in [9.17, 15) is 31.5 Å². The van der Waals surface area contributed by atoms with Crippen molar-refractivity contribution >= 4 is 11.8 Å². The predicted octanol–water partition coefficient (Wildman–Crippen LogP) is 5.71. The molecule has 0 bridgehead atoms. The van der Waals surface area contributed by atoms with Gasteiger partial charge in [-0.25, -0.2) is 22.0 Å². The van der Waals surface area contributed by atoms with E-state index in [-0.39, 0.29) is 40.8 Å². The fourth-order valence-corrected chi connectivity index (χ4v) is 5.95. The third-order valence-corrected chi connectivity index (χ3v) is 7.87. The lowest BCUT2D eigenvalue weighted by molar-refractivity contribution is -0.123. The van der Waals surface area contributed by atoms with Gasteiger partial charge in [0.15, 0.2) is 0 Å². The number of nitrogens with two attached hydrogens (primary N) is 1. The zero-order chi connectivity index (χ0) is 31.5. The van der Waals surface area contributed by atoms with Gasteiger partial charge < -0.3 is 11.1 Å². The molecular formula is C30H22F7N5O2. The van der Waals surface area contributed by atoms with Crippen molar-refractivity contribution in [3.63, 3.8) is 0 Å². The second-order valence-corrected chi connectivity index (χ2v) is 10.8. The number of nitrogens with zero attached hydrogens (tertiary/aromatic N) is 3. The summed E-state index contributed by atoms with van der Waals surface area (Å²) in [5.41, 5.74) is 3.85. The van der Waals surface area contributed by atoms with E-state index in [4.69, 9.17) is 5.73 Å². The van der Waals surface area contributed by atoms with Crippen LogP contribution in [0.3, 0.4) is 0 Å². The highest BCUT2D eigenvalue weighted by Gasteiger charge is 2.67. The van der Waals surface area contributed by atoms with Crippen LogP contribution in [0.25, 0.3) is 11.1 Å². The van der Waals surface area contributed by atoms with Crippen LogP contribution in [0.1, 0.15) is 63.4 Å². The number of halogens is 7. The molecule has 3 N–H and O–H groups in total. The Kier molecular flexibility index (Phi) is 7.17. The quantitative estimate of drug-likeness (QED) is 0.235. The number of pyridine rings is 1. The number of hydrogen-bond acceptors (Lipinski definition) is 4. The number of nitrogens with one attached hydrogen (secondary N) is 1. The Bertz CT molecular complexity index is 1790. The average molecular weight is 618 g/mol. The normalized spacial score (nSPS) is 18.5. The molecule has 1 fully saturated rings. The largest absolute Gasteiger partial charge is 0.366 e. The Labute approximate surface area is 244 Å². The molecule has 4 aromatic rings. The van der Waals surface area contributed by atoms with E-state index < -0.39 is 83.0 Å². The fraction of sp³-hybridized carbons (Fsp3) is 0.267. The maximum atomic E-state index is 15.0. The van der Waals surface area contributed by atoms with Crippen molar-refractivity contribution in [1.29, 1.82) is 0 Å². The van der Waals surface area contributed by atoms with E-state index >= 15 is 8.78 Å². The molecule has 0 radical (unpaired) electrons. The van der Waals surface area contributed by atoms with Crippen LogP contribution >= 0.6 is 0 Å². The summed E-state index contributed by atoms with van der Waals surface area (Å²) in [7, 11) is 0. The summed E-state index contributed by atoms with van der Waals surface area (Å²) in [4.78, 5) is 29.4. The molecule has 14 heteroatoms. The molecule has 1 saturated carbocycles. The first kappa shape index (κ1) is 29.3. The summed E-state index contributed by atoms with van der Waals surface area (Å²) >= 11 is 0. The van der Waals surface area contributed by atoms with Gasteiger partial charge in [-0.2, -0.15) is 13.9 Å². The van der Waals surface area contributed by atoms with E-state index in [0.717, 1.165) is 18.2 Å². The van der Waals surface area contributed by atoms with E-state index in [1.807, 2.05) is 0 Å². The maximum Gasteiger partial charge on any atom is 0.293 e. The molecule has 2 heterocycles. The molecule has 6 rings (SSSR count). The Morgan fingerprint density at radius 2 is 1.77 bits per heavy atom. The standard InChI is InChI=1S/C30H22F7N5O2/c31-15-6-13(7-16(32)10-15)8-22(25-17(2-1-5-39-25)14-3-4-21(33)19(9-14)29(38)44)40-23(43)12-42-27-24(26(41-42)28(34)35)18-11-20(18)30(27,36)37/h1-7,9-10,18,20,22,28H,8,11-12H2,(H2,38,44)(H,40,43)/t18-,20+,22?/m0/s1. The lowest BCUT2D eigenvalue weighted by Crippen LogP contribution is -2.35. The van der Waals surface area contributed by atoms with Gasteiger partial charge >= 0.3 is 0 Å². The number of rotatable bonds is 9. The van der Waals surface area contributed by atoms with Crippen molar-refractivity contribution in [2.75, 3.05) is 0 Å². The number of alkyl halides is 4. The van der Waals surface area contributed by atoms with Crippen molar-refractivity contribution in [3.05, 3.63) is 106 Å². The van der Waals surface area contributed by atoms with Gasteiger partial charge in [-0.15, -0.1) is 0 Å². The number of amides is 2. The molecule has 1 unspecified atom stereocenters. The number of carbonyl (C=O) groups is 2. The third-order valence-electron chi connectivity index (χ3n) is 7.87. The number of fused-ring (bicyclic) bond motifs is 3. The molecule has 0 spiro atoms. The summed E-state index contributed by atoms with van der Waals surface area (Å²) in [5, 5.41) is 6.26. The van der Waals surface area contributed by atoms with Gasteiger partial charge in [0.2, 0.25) is 5.91 Å². The fourth-order valence-electron chi connectivity index (χ4n) is 5.95. The van der Waals surface area contributed by atoms with E-state index in [1.54, 1.807) is 0 Å². The van der Waals surface area contributed by atoms with E-state index in [2.05, 4.69) is 15.4 Å². The van der Waals surface area contributed by atoms with Crippen molar-refractivity contribution in [3.8, 4) is 11.1 Å². The molecule has 0 saturated heterocycles. The first-order valence-corrected chi connectivity index (χ1v) is 13.4. The first-order valence-electron chi connectivity index (χ1n) is 13.4. The first-order chi connectivity index (χ1) is 20.8. The number of primary amides is 1. The van der Waals surface area contributed by atoms with E-state index in [1.165, 1.54) is 30.5 Å². The summed E-state index contributed by atoms with van der Waals surface area (Å²) < 4.78 is 100. The highest BCUT2D eigenvalue weighted by atomic mass is 19.3. The van der Waals surface area contributed by atoms with Gasteiger partial charge in [0.05, 0.1) is 17.3 Å². The van der Waals surface area contributed by atoms with Gasteiger partial charge in [-0.1, -0.05) is 12.1 Å². The summed E-state index contributed by atoms with van der Waals surface area (Å²) in [6.07, 6.45) is -1.98. The Morgan fingerprint density at radius 1 is 1.05 bits per heavy atom. The van der Waals surface area contributed by atoms with Crippen LogP contribution in [-0.2, 0) is 23.7 Å². The van der Waals surface area contributed by atoms with Gasteiger partial charge in [-0.3, -0.25) is 19.3 Å². The molecule has 2 aliphatic carbocycles. The molecule has 0 aliphatic heterocycles. The number of carbonyl (C=O) groups excluding carboxylic acids is 2. The zero-order valence-electron chi connectivity index (χ0n) is 22.5. The molecule has 7 nitrogen and oxygen atoms in total. The zero-order valence-corrected chi connectivity index (χ0v) is 22.5. The minimum absolute atomic E-state index is 0.0488. The minimum Gasteiger partial charge on any atom is -0.366 e. The highest BCUT2D eigenvalue weighted by molar-refractivity contribution is 5.94. The van der Waals surface area contributed by atoms with Crippen LogP contribution in [0.5, 0.6) is 0 Å². The van der Waals surface area contributed by atoms with Crippen LogP contribution in [0.4, 0.5) is 30.7 Å². The molecule has 44 heavy (non-hydrogen) atoms. The number of aromatic nitrogens is 3. The molecule has 2 aliphatic rings. The van der Waals surface area contributed by atoms with Crippen molar-refractivity contribution in [2.24, 2.45) is 11.7 Å². The number of benzene rings is 2.